The first-order valence-electron chi connectivity index (χ1n) is 9.15. The molecule has 2 aromatic carbocycles. The lowest BCUT2D eigenvalue weighted by atomic mass is 10.1. The third-order valence-corrected chi connectivity index (χ3v) is 4.06. The van der Waals surface area contributed by atoms with Crippen LogP contribution < -0.4 is 20.1 Å². The molecular formula is C22H26N2O5. The molecule has 7 heteroatoms. The zero-order valence-electron chi connectivity index (χ0n) is 16.9. The highest BCUT2D eigenvalue weighted by Gasteiger charge is 2.06. The number of hydrogen-bond donors (Lipinski definition) is 2. The maximum atomic E-state index is 12.1. The van der Waals surface area contributed by atoms with Crippen molar-refractivity contribution >= 4 is 23.6 Å². The van der Waals surface area contributed by atoms with Crippen molar-refractivity contribution in [3.63, 3.8) is 0 Å². The van der Waals surface area contributed by atoms with Crippen molar-refractivity contribution < 1.29 is 23.8 Å². The Labute approximate surface area is 170 Å². The van der Waals surface area contributed by atoms with Crippen molar-refractivity contribution in [2.75, 3.05) is 39.8 Å². The predicted molar refractivity (Wildman–Crippen MR) is 112 cm³/mol. The van der Waals surface area contributed by atoms with Crippen molar-refractivity contribution in [2.24, 2.45) is 0 Å². The molecular weight excluding hydrogens is 372 g/mol. The Morgan fingerprint density at radius 1 is 0.966 bits per heavy atom. The summed E-state index contributed by atoms with van der Waals surface area (Å²) in [5.74, 6) is 0.770. The minimum Gasteiger partial charge on any atom is -0.493 e. The molecule has 0 aliphatic carbocycles. The van der Waals surface area contributed by atoms with Gasteiger partial charge in [-0.1, -0.05) is 6.07 Å². The first kappa shape index (κ1) is 22.0. The fourth-order valence-corrected chi connectivity index (χ4v) is 2.54. The minimum absolute atomic E-state index is 0.160. The quantitative estimate of drug-likeness (QED) is 0.474. The van der Waals surface area contributed by atoms with Gasteiger partial charge in [0.15, 0.2) is 11.5 Å². The second kappa shape index (κ2) is 11.5. The van der Waals surface area contributed by atoms with Gasteiger partial charge >= 0.3 is 0 Å². The van der Waals surface area contributed by atoms with Crippen molar-refractivity contribution in [2.45, 2.75) is 6.42 Å². The molecule has 29 heavy (non-hydrogen) atoms. The van der Waals surface area contributed by atoms with Crippen LogP contribution in [-0.4, -0.2) is 46.3 Å². The average molecular weight is 398 g/mol. The summed E-state index contributed by atoms with van der Waals surface area (Å²) in [6.45, 7) is 1.15. The molecule has 0 fully saturated rings. The Bertz CT molecular complexity index is 847. The van der Waals surface area contributed by atoms with Crippen LogP contribution in [0.1, 0.15) is 22.3 Å². The lowest BCUT2D eigenvalue weighted by Crippen LogP contribution is -2.25. The van der Waals surface area contributed by atoms with E-state index in [1.165, 1.54) is 6.08 Å². The average Bonchev–Trinajstić information content (AvgIpc) is 2.75. The number of hydrogen-bond acceptors (Lipinski definition) is 5. The minimum atomic E-state index is -0.281. The summed E-state index contributed by atoms with van der Waals surface area (Å²) in [6, 6.07) is 12.1. The van der Waals surface area contributed by atoms with E-state index in [9.17, 15) is 9.59 Å². The number of ether oxygens (including phenoxy) is 3. The van der Waals surface area contributed by atoms with Crippen LogP contribution in [0.25, 0.3) is 6.08 Å². The number of rotatable bonds is 10. The molecule has 0 aliphatic heterocycles. The number of anilines is 1. The van der Waals surface area contributed by atoms with Crippen molar-refractivity contribution in [1.29, 1.82) is 0 Å². The second-order valence-corrected chi connectivity index (χ2v) is 6.12. The highest BCUT2D eigenvalue weighted by Crippen LogP contribution is 2.27. The van der Waals surface area contributed by atoms with E-state index in [1.807, 2.05) is 6.07 Å². The fraction of sp³-hybridized carbons (Fsp3) is 0.273. The van der Waals surface area contributed by atoms with Gasteiger partial charge in [-0.15, -0.1) is 0 Å². The second-order valence-electron chi connectivity index (χ2n) is 6.12. The molecule has 2 amide bonds. The van der Waals surface area contributed by atoms with Crippen LogP contribution in [0.4, 0.5) is 5.69 Å². The molecule has 154 valence electrons. The Balaban J connectivity index is 1.90. The molecule has 0 saturated heterocycles. The van der Waals surface area contributed by atoms with E-state index >= 15 is 0 Å². The van der Waals surface area contributed by atoms with E-state index in [0.717, 1.165) is 12.0 Å². The van der Waals surface area contributed by atoms with Gasteiger partial charge in [0.2, 0.25) is 5.91 Å². The summed E-state index contributed by atoms with van der Waals surface area (Å²) in [4.78, 5) is 24.2. The third-order valence-electron chi connectivity index (χ3n) is 4.06. The van der Waals surface area contributed by atoms with Gasteiger partial charge < -0.3 is 24.8 Å². The lowest BCUT2D eigenvalue weighted by Gasteiger charge is -2.08. The molecule has 0 heterocycles. The highest BCUT2D eigenvalue weighted by atomic mass is 16.5. The number of benzene rings is 2. The van der Waals surface area contributed by atoms with Crippen molar-refractivity contribution in [1.82, 2.24) is 5.32 Å². The van der Waals surface area contributed by atoms with Gasteiger partial charge in [-0.05, 0) is 54.5 Å². The maximum Gasteiger partial charge on any atom is 0.251 e. The topological polar surface area (TPSA) is 85.9 Å². The van der Waals surface area contributed by atoms with Crippen LogP contribution in [-0.2, 0) is 9.53 Å². The zero-order chi connectivity index (χ0) is 21.1. The molecule has 2 rings (SSSR count). The van der Waals surface area contributed by atoms with E-state index in [2.05, 4.69) is 10.6 Å². The normalized spacial score (nSPS) is 10.6. The molecule has 7 nitrogen and oxygen atoms in total. The van der Waals surface area contributed by atoms with Gasteiger partial charge in [0.25, 0.3) is 5.91 Å². The van der Waals surface area contributed by atoms with Crippen molar-refractivity contribution in [3.05, 3.63) is 59.7 Å². The van der Waals surface area contributed by atoms with E-state index in [4.69, 9.17) is 14.2 Å². The van der Waals surface area contributed by atoms with Gasteiger partial charge in [0.1, 0.15) is 0 Å². The Morgan fingerprint density at radius 2 is 1.69 bits per heavy atom. The summed E-state index contributed by atoms with van der Waals surface area (Å²) in [5.41, 5.74) is 1.93. The van der Waals surface area contributed by atoms with Gasteiger partial charge in [0.05, 0.1) is 14.2 Å². The highest BCUT2D eigenvalue weighted by molar-refractivity contribution is 6.02. The fourth-order valence-electron chi connectivity index (χ4n) is 2.54. The molecule has 0 saturated carbocycles. The summed E-state index contributed by atoms with van der Waals surface area (Å²) in [5, 5.41) is 5.57. The number of carbonyl (C=O) groups is 2. The predicted octanol–water partition coefficient (Wildman–Crippen LogP) is 3.12. The zero-order valence-corrected chi connectivity index (χ0v) is 16.9. The van der Waals surface area contributed by atoms with E-state index in [0.29, 0.717) is 35.9 Å². The van der Waals surface area contributed by atoms with Crippen LogP contribution in [0, 0.1) is 0 Å². The Kier molecular flexibility index (Phi) is 8.72. The van der Waals surface area contributed by atoms with Crippen LogP contribution in [0.15, 0.2) is 48.5 Å². The molecule has 0 radical (unpaired) electrons. The smallest absolute Gasteiger partial charge is 0.251 e. The largest absolute Gasteiger partial charge is 0.493 e. The van der Waals surface area contributed by atoms with Crippen LogP contribution in [0.3, 0.4) is 0 Å². The van der Waals surface area contributed by atoms with Gasteiger partial charge in [0, 0.05) is 37.6 Å². The maximum absolute atomic E-state index is 12.1. The molecule has 0 atom stereocenters. The Hall–Kier alpha value is -3.32. The van der Waals surface area contributed by atoms with E-state index in [-0.39, 0.29) is 11.8 Å². The molecule has 0 unspecified atom stereocenters. The van der Waals surface area contributed by atoms with Crippen molar-refractivity contribution in [3.8, 4) is 11.5 Å². The molecule has 2 aromatic rings. The number of methoxy groups -OCH3 is 3. The van der Waals surface area contributed by atoms with Crippen LogP contribution >= 0.6 is 0 Å². The molecule has 2 N–H and O–H groups in total. The third kappa shape index (κ3) is 6.97. The number of amides is 2. The summed E-state index contributed by atoms with van der Waals surface area (Å²) >= 11 is 0. The van der Waals surface area contributed by atoms with Crippen LogP contribution in [0.5, 0.6) is 11.5 Å². The SMILES string of the molecule is COCCCNC(=O)c1ccc(NC(=O)/C=C/c2ccc(OC)c(OC)c2)cc1. The molecule has 0 aromatic heterocycles. The standard InChI is InChI=1S/C22H26N2O5/c1-27-14-4-13-23-22(26)17-7-9-18(10-8-17)24-21(25)12-6-16-5-11-19(28-2)20(15-16)29-3/h5-12,15H,4,13-14H2,1-3H3,(H,23,26)(H,24,25)/b12-6+. The molecule has 0 aliphatic rings. The monoisotopic (exact) mass is 398 g/mol. The van der Waals surface area contributed by atoms with Gasteiger partial charge in [-0.3, -0.25) is 9.59 Å². The first-order chi connectivity index (χ1) is 14.1. The number of carbonyl (C=O) groups excluding carboxylic acids is 2. The van der Waals surface area contributed by atoms with Crippen LogP contribution in [0.2, 0.25) is 0 Å². The number of nitrogens with one attached hydrogen (secondary N) is 2. The van der Waals surface area contributed by atoms with Gasteiger partial charge in [-0.2, -0.15) is 0 Å². The molecule has 0 bridgehead atoms. The first-order valence-corrected chi connectivity index (χ1v) is 9.15. The lowest BCUT2D eigenvalue weighted by molar-refractivity contribution is -0.111. The van der Waals surface area contributed by atoms with E-state index < -0.39 is 0 Å². The summed E-state index contributed by atoms with van der Waals surface area (Å²) in [7, 11) is 4.75. The van der Waals surface area contributed by atoms with Gasteiger partial charge in [-0.25, -0.2) is 0 Å². The summed E-state index contributed by atoms with van der Waals surface area (Å²) < 4.78 is 15.4. The Morgan fingerprint density at radius 3 is 2.34 bits per heavy atom. The summed E-state index contributed by atoms with van der Waals surface area (Å²) in [6.07, 6.45) is 3.86. The van der Waals surface area contributed by atoms with E-state index in [1.54, 1.807) is 63.8 Å². The molecule has 0 spiro atoms.